The van der Waals surface area contributed by atoms with Crippen LogP contribution in [0.15, 0.2) is 54.7 Å². The number of nitrogens with zero attached hydrogens (tertiary/aromatic N) is 1. The molecule has 0 saturated heterocycles. The van der Waals surface area contributed by atoms with Crippen LogP contribution in [-0.4, -0.2) is 10.1 Å². The maximum Gasteiger partial charge on any atom is 0.226 e. The van der Waals surface area contributed by atoms with Crippen molar-refractivity contribution in [3.8, 4) is 5.88 Å². The SMILES string of the molecule is OC(Oc1ccccn1)c1ccccc1. The van der Waals surface area contributed by atoms with Gasteiger partial charge in [0.1, 0.15) is 0 Å². The minimum absolute atomic E-state index is 0.411. The molecule has 1 aromatic heterocycles. The highest BCUT2D eigenvalue weighted by atomic mass is 16.6. The summed E-state index contributed by atoms with van der Waals surface area (Å²) in [7, 11) is 0. The third-order valence-electron chi connectivity index (χ3n) is 1.95. The molecule has 1 heterocycles. The van der Waals surface area contributed by atoms with Crippen molar-refractivity contribution in [3.05, 3.63) is 60.3 Å². The van der Waals surface area contributed by atoms with E-state index in [1.165, 1.54) is 0 Å². The molecule has 15 heavy (non-hydrogen) atoms. The molecule has 0 bridgehead atoms. The molecule has 0 amide bonds. The van der Waals surface area contributed by atoms with Gasteiger partial charge in [-0.2, -0.15) is 0 Å². The van der Waals surface area contributed by atoms with E-state index in [-0.39, 0.29) is 0 Å². The Hall–Kier alpha value is -1.87. The fraction of sp³-hybridized carbons (Fsp3) is 0.0833. The first-order chi connectivity index (χ1) is 7.36. The van der Waals surface area contributed by atoms with Gasteiger partial charge in [-0.1, -0.05) is 36.4 Å². The van der Waals surface area contributed by atoms with E-state index in [4.69, 9.17) is 4.74 Å². The van der Waals surface area contributed by atoms with Crippen molar-refractivity contribution in [1.82, 2.24) is 4.98 Å². The zero-order chi connectivity index (χ0) is 10.5. The van der Waals surface area contributed by atoms with Crippen LogP contribution in [-0.2, 0) is 0 Å². The Morgan fingerprint density at radius 2 is 1.73 bits per heavy atom. The molecule has 3 nitrogen and oxygen atoms in total. The summed E-state index contributed by atoms with van der Waals surface area (Å²) >= 11 is 0. The standard InChI is InChI=1S/C12H11NO2/c14-12(10-6-2-1-3-7-10)15-11-8-4-5-9-13-11/h1-9,12,14H. The Morgan fingerprint density at radius 1 is 1.00 bits per heavy atom. The molecule has 1 N–H and O–H groups in total. The van der Waals surface area contributed by atoms with Crippen molar-refractivity contribution in [2.24, 2.45) is 0 Å². The number of pyridine rings is 1. The van der Waals surface area contributed by atoms with Crippen molar-refractivity contribution < 1.29 is 9.84 Å². The van der Waals surface area contributed by atoms with Gasteiger partial charge in [0, 0.05) is 17.8 Å². The predicted octanol–water partition coefficient (Wildman–Crippen LogP) is 2.15. The van der Waals surface area contributed by atoms with E-state index >= 15 is 0 Å². The van der Waals surface area contributed by atoms with Crippen LogP contribution in [0.4, 0.5) is 0 Å². The number of aliphatic hydroxyl groups is 1. The van der Waals surface area contributed by atoms with E-state index in [0.29, 0.717) is 11.4 Å². The van der Waals surface area contributed by atoms with Gasteiger partial charge in [0.15, 0.2) is 0 Å². The lowest BCUT2D eigenvalue weighted by Gasteiger charge is -2.12. The highest BCUT2D eigenvalue weighted by molar-refractivity contribution is 5.17. The highest BCUT2D eigenvalue weighted by Crippen LogP contribution is 2.16. The molecule has 3 heteroatoms. The van der Waals surface area contributed by atoms with Gasteiger partial charge in [-0.25, -0.2) is 4.98 Å². The van der Waals surface area contributed by atoms with E-state index in [9.17, 15) is 5.11 Å². The number of hydrogen-bond donors (Lipinski definition) is 1. The summed E-state index contributed by atoms with van der Waals surface area (Å²) in [5, 5.41) is 9.71. The van der Waals surface area contributed by atoms with Gasteiger partial charge >= 0.3 is 0 Å². The minimum Gasteiger partial charge on any atom is -0.444 e. The van der Waals surface area contributed by atoms with Crippen molar-refractivity contribution in [2.75, 3.05) is 0 Å². The quantitative estimate of drug-likeness (QED) is 0.774. The molecule has 0 fully saturated rings. The molecule has 0 aliphatic carbocycles. The molecule has 1 atom stereocenters. The maximum atomic E-state index is 9.71. The summed E-state index contributed by atoms with van der Waals surface area (Å²) in [6.45, 7) is 0. The number of hydrogen-bond acceptors (Lipinski definition) is 3. The topological polar surface area (TPSA) is 42.4 Å². The summed E-state index contributed by atoms with van der Waals surface area (Å²) in [6.07, 6.45) is 0.647. The lowest BCUT2D eigenvalue weighted by molar-refractivity contribution is -0.0227. The van der Waals surface area contributed by atoms with Crippen LogP contribution < -0.4 is 4.74 Å². The molecule has 1 unspecified atom stereocenters. The summed E-state index contributed by atoms with van der Waals surface area (Å²) in [5.74, 6) is 0.411. The molecule has 0 saturated carbocycles. The van der Waals surface area contributed by atoms with Gasteiger partial charge in [-0.05, 0) is 6.07 Å². The van der Waals surface area contributed by atoms with Gasteiger partial charge < -0.3 is 9.84 Å². The van der Waals surface area contributed by atoms with Gasteiger partial charge in [-0.3, -0.25) is 0 Å². The summed E-state index contributed by atoms with van der Waals surface area (Å²) in [4.78, 5) is 3.96. The number of ether oxygens (including phenoxy) is 1. The number of benzene rings is 1. The molecule has 0 aliphatic rings. The molecular weight excluding hydrogens is 190 g/mol. The van der Waals surface area contributed by atoms with Crippen LogP contribution in [0.3, 0.4) is 0 Å². The Bertz CT molecular complexity index is 402. The molecule has 0 spiro atoms. The molecule has 0 radical (unpaired) electrons. The van der Waals surface area contributed by atoms with E-state index in [1.807, 2.05) is 18.2 Å². The van der Waals surface area contributed by atoms with Crippen molar-refractivity contribution in [2.45, 2.75) is 6.29 Å². The van der Waals surface area contributed by atoms with Crippen molar-refractivity contribution in [3.63, 3.8) is 0 Å². The average molecular weight is 201 g/mol. The first-order valence-corrected chi connectivity index (χ1v) is 4.67. The van der Waals surface area contributed by atoms with Crippen LogP contribution >= 0.6 is 0 Å². The lowest BCUT2D eigenvalue weighted by Crippen LogP contribution is -2.06. The third-order valence-corrected chi connectivity index (χ3v) is 1.95. The zero-order valence-corrected chi connectivity index (χ0v) is 8.08. The van der Waals surface area contributed by atoms with Crippen LogP contribution in [0, 0.1) is 0 Å². The smallest absolute Gasteiger partial charge is 0.226 e. The molecule has 0 aliphatic heterocycles. The van der Waals surface area contributed by atoms with Crippen molar-refractivity contribution >= 4 is 0 Å². The Kier molecular flexibility index (Phi) is 2.95. The fourth-order valence-electron chi connectivity index (χ4n) is 1.22. The zero-order valence-electron chi connectivity index (χ0n) is 8.08. The fourth-order valence-corrected chi connectivity index (χ4v) is 1.22. The number of aliphatic hydroxyl groups excluding tert-OH is 1. The largest absolute Gasteiger partial charge is 0.444 e. The van der Waals surface area contributed by atoms with Crippen LogP contribution in [0.5, 0.6) is 5.88 Å². The first-order valence-electron chi connectivity index (χ1n) is 4.67. The lowest BCUT2D eigenvalue weighted by atomic mass is 10.2. The second-order valence-corrected chi connectivity index (χ2v) is 3.05. The van der Waals surface area contributed by atoms with Gasteiger partial charge in [-0.15, -0.1) is 0 Å². The summed E-state index contributed by atoms with van der Waals surface area (Å²) in [6, 6.07) is 14.5. The molecule has 2 rings (SSSR count). The first kappa shape index (κ1) is 9.68. The van der Waals surface area contributed by atoms with Gasteiger partial charge in [0.2, 0.25) is 12.2 Å². The van der Waals surface area contributed by atoms with Gasteiger partial charge in [0.25, 0.3) is 0 Å². The molecule has 2 aromatic rings. The summed E-state index contributed by atoms with van der Waals surface area (Å²) < 4.78 is 5.24. The van der Waals surface area contributed by atoms with Crippen LogP contribution in [0.25, 0.3) is 0 Å². The molecular formula is C12H11NO2. The number of aromatic nitrogens is 1. The van der Waals surface area contributed by atoms with E-state index < -0.39 is 6.29 Å². The molecule has 1 aromatic carbocycles. The van der Waals surface area contributed by atoms with E-state index in [0.717, 1.165) is 0 Å². The normalized spacial score (nSPS) is 12.1. The Balaban J connectivity index is 2.08. The van der Waals surface area contributed by atoms with Gasteiger partial charge in [0.05, 0.1) is 0 Å². The highest BCUT2D eigenvalue weighted by Gasteiger charge is 2.08. The molecule has 76 valence electrons. The second-order valence-electron chi connectivity index (χ2n) is 3.05. The van der Waals surface area contributed by atoms with E-state index in [2.05, 4.69) is 4.98 Å². The number of rotatable bonds is 3. The minimum atomic E-state index is -0.971. The predicted molar refractivity (Wildman–Crippen MR) is 56.3 cm³/mol. The van der Waals surface area contributed by atoms with Crippen LogP contribution in [0.2, 0.25) is 0 Å². The second kappa shape index (κ2) is 4.57. The third kappa shape index (κ3) is 2.54. The Morgan fingerprint density at radius 3 is 2.40 bits per heavy atom. The van der Waals surface area contributed by atoms with Crippen molar-refractivity contribution in [1.29, 1.82) is 0 Å². The average Bonchev–Trinajstić information content (AvgIpc) is 2.31. The van der Waals surface area contributed by atoms with Crippen LogP contribution in [0.1, 0.15) is 11.9 Å². The monoisotopic (exact) mass is 201 g/mol. The summed E-state index contributed by atoms with van der Waals surface area (Å²) in [5.41, 5.74) is 0.711. The Labute approximate surface area is 88.0 Å². The van der Waals surface area contributed by atoms with E-state index in [1.54, 1.807) is 36.5 Å². The maximum absolute atomic E-state index is 9.71.